The van der Waals surface area contributed by atoms with E-state index in [0.29, 0.717) is 18.9 Å². The predicted octanol–water partition coefficient (Wildman–Crippen LogP) is 7.25. The van der Waals surface area contributed by atoms with Crippen LogP contribution in [-0.4, -0.2) is 60.8 Å². The van der Waals surface area contributed by atoms with Crippen molar-refractivity contribution in [3.05, 3.63) is 54.1 Å². The van der Waals surface area contributed by atoms with Crippen LogP contribution in [0.3, 0.4) is 0 Å². The number of carboxylic acid groups (broad SMARTS) is 1. The number of hydrogen-bond donors (Lipinski definition) is 1. The van der Waals surface area contributed by atoms with Crippen molar-refractivity contribution in [1.29, 1.82) is 0 Å². The number of hydrogen-bond acceptors (Lipinski definition) is 6. The highest BCUT2D eigenvalue weighted by molar-refractivity contribution is 5.72. The molecular weight excluding hydrogens is 555 g/mol. The third kappa shape index (κ3) is 12.2. The van der Waals surface area contributed by atoms with Crippen LogP contribution in [0.25, 0.3) is 0 Å². The summed E-state index contributed by atoms with van der Waals surface area (Å²) in [4.78, 5) is 25.9. The van der Waals surface area contributed by atoms with E-state index >= 15 is 0 Å². The normalized spacial score (nSPS) is 14.7. The first-order chi connectivity index (χ1) is 20.1. The fourth-order valence-corrected chi connectivity index (χ4v) is 5.01. The Morgan fingerprint density at radius 2 is 1.57 bits per heavy atom. The molecular formula is C31H40F3NO7. The number of carboxylic acids is 1. The molecule has 0 aromatic heterocycles. The van der Waals surface area contributed by atoms with E-state index in [-0.39, 0.29) is 25.3 Å². The number of carbonyl (C=O) groups excluding carboxylic acids is 1. The van der Waals surface area contributed by atoms with Gasteiger partial charge in [-0.05, 0) is 61.2 Å². The fourth-order valence-electron chi connectivity index (χ4n) is 5.01. The molecule has 1 atom stereocenters. The van der Waals surface area contributed by atoms with Crippen LogP contribution in [0, 0.1) is 5.92 Å². The third-order valence-electron chi connectivity index (χ3n) is 7.15. The van der Waals surface area contributed by atoms with Crippen molar-refractivity contribution in [1.82, 2.24) is 4.90 Å². The fraction of sp³-hybridized carbons (Fsp3) is 0.548. The zero-order valence-electron chi connectivity index (χ0n) is 23.9. The number of unbranched alkanes of at least 4 members (excludes halogenated alkanes) is 1. The Morgan fingerprint density at radius 3 is 2.19 bits per heavy atom. The number of aliphatic carboxylic acids is 1. The van der Waals surface area contributed by atoms with E-state index in [1.807, 2.05) is 0 Å². The molecule has 1 fully saturated rings. The summed E-state index contributed by atoms with van der Waals surface area (Å²) in [5.74, 6) is -0.0220. The number of benzene rings is 2. The maximum atomic E-state index is 13.0. The van der Waals surface area contributed by atoms with E-state index in [9.17, 15) is 27.9 Å². The molecule has 1 unspecified atom stereocenters. The first-order valence-electron chi connectivity index (χ1n) is 14.5. The highest BCUT2D eigenvalue weighted by atomic mass is 19.4. The van der Waals surface area contributed by atoms with E-state index in [0.717, 1.165) is 42.9 Å². The molecule has 1 saturated carbocycles. The summed E-state index contributed by atoms with van der Waals surface area (Å²) < 4.78 is 57.7. The molecule has 2 aromatic rings. The molecule has 3 rings (SSSR count). The Kier molecular flexibility index (Phi) is 13.2. The Hall–Kier alpha value is -3.47. The zero-order valence-corrected chi connectivity index (χ0v) is 23.9. The molecule has 0 bridgehead atoms. The van der Waals surface area contributed by atoms with Gasteiger partial charge >= 0.3 is 18.4 Å². The summed E-state index contributed by atoms with van der Waals surface area (Å²) in [5, 5.41) is 9.28. The standard InChI is InChI=1S/C31H40F3NO7/c1-2-39-28(29(36)37)22-24-11-13-25(14-12-24)40-21-20-35(19-7-6-10-23-8-4-3-5-9-23)30(38)41-26-15-17-27(18-16-26)42-31(32,33)34/h11-18,23,28H,2-10,19-22H2,1H3,(H,36,37). The van der Waals surface area contributed by atoms with E-state index in [2.05, 4.69) is 4.74 Å². The Bertz CT molecular complexity index is 1090. The van der Waals surface area contributed by atoms with Gasteiger partial charge in [0.25, 0.3) is 0 Å². The molecule has 42 heavy (non-hydrogen) atoms. The molecule has 8 nitrogen and oxygen atoms in total. The first-order valence-corrected chi connectivity index (χ1v) is 14.5. The second kappa shape index (κ2) is 16.8. The van der Waals surface area contributed by atoms with E-state index in [4.69, 9.17) is 14.2 Å². The second-order valence-corrected chi connectivity index (χ2v) is 10.4. The summed E-state index contributed by atoms with van der Waals surface area (Å²) in [6.45, 7) is 2.93. The Morgan fingerprint density at radius 1 is 0.929 bits per heavy atom. The number of rotatable bonds is 16. The number of nitrogens with zero attached hydrogens (tertiary/aromatic N) is 1. The van der Waals surface area contributed by atoms with Gasteiger partial charge in [0, 0.05) is 19.6 Å². The lowest BCUT2D eigenvalue weighted by Gasteiger charge is -2.24. The van der Waals surface area contributed by atoms with E-state index in [1.165, 1.54) is 49.1 Å². The number of halogens is 3. The van der Waals surface area contributed by atoms with Gasteiger partial charge in [0.2, 0.25) is 0 Å². The van der Waals surface area contributed by atoms with Crippen LogP contribution >= 0.6 is 0 Å². The minimum atomic E-state index is -4.81. The Labute approximate surface area is 244 Å². The van der Waals surface area contributed by atoms with Crippen molar-refractivity contribution in [2.45, 2.75) is 77.2 Å². The van der Waals surface area contributed by atoms with Gasteiger partial charge in [-0.2, -0.15) is 0 Å². The van der Waals surface area contributed by atoms with Crippen LogP contribution in [0.4, 0.5) is 18.0 Å². The number of carbonyl (C=O) groups is 2. The van der Waals surface area contributed by atoms with Gasteiger partial charge < -0.3 is 29.0 Å². The second-order valence-electron chi connectivity index (χ2n) is 10.4. The van der Waals surface area contributed by atoms with Crippen molar-refractivity contribution in [2.24, 2.45) is 5.92 Å². The van der Waals surface area contributed by atoms with Crippen molar-refractivity contribution in [3.63, 3.8) is 0 Å². The number of amides is 1. The third-order valence-corrected chi connectivity index (χ3v) is 7.15. The lowest BCUT2D eigenvalue weighted by molar-refractivity contribution is -0.274. The molecule has 1 aliphatic carbocycles. The SMILES string of the molecule is CCOC(Cc1ccc(OCCN(CCCCC2CCCCC2)C(=O)Oc2ccc(OC(F)(F)F)cc2)cc1)C(=O)O. The zero-order chi connectivity index (χ0) is 30.4. The first kappa shape index (κ1) is 33.0. The quantitative estimate of drug-likeness (QED) is 0.204. The Balaban J connectivity index is 1.54. The molecule has 2 aromatic carbocycles. The molecule has 0 radical (unpaired) electrons. The predicted molar refractivity (Wildman–Crippen MR) is 150 cm³/mol. The molecule has 0 aliphatic heterocycles. The molecule has 0 saturated heterocycles. The molecule has 1 amide bonds. The van der Waals surface area contributed by atoms with Crippen molar-refractivity contribution in [2.75, 3.05) is 26.3 Å². The highest BCUT2D eigenvalue weighted by Crippen LogP contribution is 2.28. The van der Waals surface area contributed by atoms with Gasteiger partial charge in [0.1, 0.15) is 23.9 Å². The van der Waals surface area contributed by atoms with Crippen LogP contribution in [0.15, 0.2) is 48.5 Å². The summed E-state index contributed by atoms with van der Waals surface area (Å²) >= 11 is 0. The van der Waals surface area contributed by atoms with Crippen LogP contribution < -0.4 is 14.2 Å². The average molecular weight is 596 g/mol. The summed E-state index contributed by atoms with van der Waals surface area (Å²) in [7, 11) is 0. The van der Waals surface area contributed by atoms with Gasteiger partial charge in [-0.3, -0.25) is 0 Å². The van der Waals surface area contributed by atoms with Crippen LogP contribution in [0.5, 0.6) is 17.2 Å². The summed E-state index contributed by atoms with van der Waals surface area (Å²) in [6, 6.07) is 11.7. The minimum absolute atomic E-state index is 0.102. The number of ether oxygens (including phenoxy) is 4. The van der Waals surface area contributed by atoms with E-state index in [1.54, 1.807) is 31.2 Å². The van der Waals surface area contributed by atoms with Gasteiger partial charge in [-0.15, -0.1) is 13.2 Å². The smallest absolute Gasteiger partial charge is 0.492 e. The topological polar surface area (TPSA) is 94.5 Å². The molecule has 11 heteroatoms. The van der Waals surface area contributed by atoms with Gasteiger partial charge in [0.05, 0.1) is 6.54 Å². The van der Waals surface area contributed by atoms with Gasteiger partial charge in [-0.25, -0.2) is 9.59 Å². The van der Waals surface area contributed by atoms with Crippen molar-refractivity contribution < 1.29 is 46.8 Å². The maximum absolute atomic E-state index is 13.0. The lowest BCUT2D eigenvalue weighted by atomic mass is 9.86. The molecule has 0 spiro atoms. The maximum Gasteiger partial charge on any atom is 0.573 e. The average Bonchev–Trinajstić information content (AvgIpc) is 2.95. The lowest BCUT2D eigenvalue weighted by Crippen LogP contribution is -2.37. The largest absolute Gasteiger partial charge is 0.573 e. The van der Waals surface area contributed by atoms with Gasteiger partial charge in [-0.1, -0.05) is 57.1 Å². The molecule has 232 valence electrons. The summed E-state index contributed by atoms with van der Waals surface area (Å²) in [5.41, 5.74) is 0.790. The van der Waals surface area contributed by atoms with Crippen LogP contribution in [0.1, 0.15) is 63.9 Å². The molecule has 1 aliphatic rings. The van der Waals surface area contributed by atoms with Crippen molar-refractivity contribution >= 4 is 12.1 Å². The van der Waals surface area contributed by atoms with Crippen molar-refractivity contribution in [3.8, 4) is 17.2 Å². The number of alkyl halides is 3. The molecule has 1 N–H and O–H groups in total. The van der Waals surface area contributed by atoms with Gasteiger partial charge in [0.15, 0.2) is 6.10 Å². The summed E-state index contributed by atoms with van der Waals surface area (Å²) in [6.07, 6.45) is 3.16. The monoisotopic (exact) mass is 595 g/mol. The minimum Gasteiger partial charge on any atom is -0.492 e. The van der Waals surface area contributed by atoms with Crippen LogP contribution in [-0.2, 0) is 16.0 Å². The highest BCUT2D eigenvalue weighted by Gasteiger charge is 2.31. The van der Waals surface area contributed by atoms with E-state index < -0.39 is 30.3 Å². The van der Waals surface area contributed by atoms with Crippen LogP contribution in [0.2, 0.25) is 0 Å². The molecule has 0 heterocycles.